The molecule has 1 amide bonds. The van der Waals surface area contributed by atoms with Gasteiger partial charge in [-0.05, 0) is 73.0 Å². The topological polar surface area (TPSA) is 88.4 Å². The van der Waals surface area contributed by atoms with E-state index >= 15 is 4.39 Å². The van der Waals surface area contributed by atoms with Gasteiger partial charge in [0, 0.05) is 82.2 Å². The first-order chi connectivity index (χ1) is 24.9. The molecule has 0 aliphatic carbocycles. The van der Waals surface area contributed by atoms with Crippen LogP contribution < -0.4 is 10.1 Å². The van der Waals surface area contributed by atoms with Crippen molar-refractivity contribution >= 4 is 31.3 Å². The molecule has 0 radical (unpaired) electrons. The first kappa shape index (κ1) is 38.0. The van der Waals surface area contributed by atoms with Gasteiger partial charge in [-0.15, -0.1) is 0 Å². The second kappa shape index (κ2) is 16.5. The molecule has 2 aliphatic heterocycles. The molecule has 0 saturated carbocycles. The van der Waals surface area contributed by atoms with Gasteiger partial charge in [0.05, 0.1) is 23.8 Å². The molecule has 2 N–H and O–H groups in total. The molecule has 1 saturated heterocycles. The summed E-state index contributed by atoms with van der Waals surface area (Å²) in [6.07, 6.45) is -0.363. The number of aliphatic hydroxyl groups is 1. The second-order valence-electron chi connectivity index (χ2n) is 15.0. The van der Waals surface area contributed by atoms with Crippen LogP contribution >= 0.6 is 11.6 Å². The number of ether oxygens (including phenoxy) is 3. The summed E-state index contributed by atoms with van der Waals surface area (Å²) < 4.78 is 34.1. The lowest BCUT2D eigenvalue weighted by Gasteiger charge is -2.40. The highest BCUT2D eigenvalue weighted by Crippen LogP contribution is 2.36. The number of aliphatic hydroxyl groups excluding tert-OH is 1. The lowest BCUT2D eigenvalue weighted by atomic mass is 9.92. The molecule has 3 aromatic carbocycles. The summed E-state index contributed by atoms with van der Waals surface area (Å²) in [7, 11) is 0.703. The molecule has 0 spiro atoms. The van der Waals surface area contributed by atoms with E-state index in [2.05, 4.69) is 42.0 Å². The third-order valence-electron chi connectivity index (χ3n) is 10.1. The molecule has 52 heavy (non-hydrogen) atoms. The van der Waals surface area contributed by atoms with Gasteiger partial charge in [-0.3, -0.25) is 9.69 Å². The van der Waals surface area contributed by atoms with Crippen LogP contribution in [-0.2, 0) is 29.5 Å². The highest BCUT2D eigenvalue weighted by molar-refractivity contribution is 6.76. The Morgan fingerprint density at radius 1 is 1.08 bits per heavy atom. The summed E-state index contributed by atoms with van der Waals surface area (Å²) in [5, 5.41) is 14.5. The molecule has 3 heterocycles. The van der Waals surface area contributed by atoms with Crippen LogP contribution in [0, 0.1) is 12.7 Å². The number of aromatic nitrogens is 1. The highest BCUT2D eigenvalue weighted by atomic mass is 35.5. The number of benzene rings is 3. The van der Waals surface area contributed by atoms with Gasteiger partial charge >= 0.3 is 0 Å². The number of amides is 1. The minimum Gasteiger partial charge on any atom is -0.468 e. The predicted octanol–water partition coefficient (Wildman–Crippen LogP) is 7.49. The van der Waals surface area contributed by atoms with Crippen molar-refractivity contribution in [3.05, 3.63) is 106 Å². The van der Waals surface area contributed by atoms with E-state index < -0.39 is 20.1 Å². The highest BCUT2D eigenvalue weighted by Gasteiger charge is 2.34. The zero-order valence-electron chi connectivity index (χ0n) is 30.8. The summed E-state index contributed by atoms with van der Waals surface area (Å²) in [6.45, 7) is 13.7. The van der Waals surface area contributed by atoms with Gasteiger partial charge in [-0.25, -0.2) is 4.39 Å². The molecule has 2 aliphatic rings. The molecule has 1 unspecified atom stereocenters. The SMILES string of the molecule is Cc1c(C(O)Nc2ccc(OCOCC[Si](C)(C)C)cc2)cc(-c2cc(Cl)c(F)cc2C(=O)N2Cc3ccccc3C[C@H]2CN2CCOCC2)n1C. The predicted molar refractivity (Wildman–Crippen MR) is 206 cm³/mol. The fraction of sp³-hybridized carbons (Fsp3) is 0.425. The van der Waals surface area contributed by atoms with Gasteiger partial charge < -0.3 is 34.1 Å². The van der Waals surface area contributed by atoms with Crippen LogP contribution in [-0.4, -0.2) is 85.7 Å². The molecule has 1 fully saturated rings. The lowest BCUT2D eigenvalue weighted by Crippen LogP contribution is -2.52. The van der Waals surface area contributed by atoms with Crippen molar-refractivity contribution in [2.24, 2.45) is 7.05 Å². The number of carbonyl (C=O) groups is 1. The molecule has 0 bridgehead atoms. The third kappa shape index (κ3) is 9.07. The van der Waals surface area contributed by atoms with Gasteiger partial charge in [0.2, 0.25) is 0 Å². The van der Waals surface area contributed by atoms with Crippen molar-refractivity contribution in [2.45, 2.75) is 57.8 Å². The number of halogens is 2. The third-order valence-corrected chi connectivity index (χ3v) is 12.1. The summed E-state index contributed by atoms with van der Waals surface area (Å²) in [5.41, 5.74) is 5.76. The number of hydrogen-bond acceptors (Lipinski definition) is 7. The number of hydrogen-bond donors (Lipinski definition) is 2. The van der Waals surface area contributed by atoms with E-state index in [0.717, 1.165) is 30.4 Å². The largest absolute Gasteiger partial charge is 0.468 e. The van der Waals surface area contributed by atoms with Gasteiger partial charge in [-0.2, -0.15) is 0 Å². The molecule has 1 aromatic heterocycles. The first-order valence-corrected chi connectivity index (χ1v) is 22.0. The van der Waals surface area contributed by atoms with E-state index in [1.807, 2.05) is 65.9 Å². The summed E-state index contributed by atoms with van der Waals surface area (Å²) in [5.74, 6) is -0.253. The summed E-state index contributed by atoms with van der Waals surface area (Å²) in [6, 6.07) is 21.1. The smallest absolute Gasteiger partial charge is 0.255 e. The molecule has 12 heteroatoms. The van der Waals surface area contributed by atoms with Gasteiger partial charge in [0.15, 0.2) is 13.0 Å². The standard InChI is InChI=1S/C40H50ClFN4O5Si/c1-27-33(39(47)43-30-10-12-32(13-11-30)51-26-50-18-19-52(3,4)5)23-38(44(27)2)34-21-36(41)37(42)22-35(34)40(48)46-24-29-9-7-6-8-28(29)20-31(46)25-45-14-16-49-17-15-45/h6-13,21-23,31,39,43,47H,14-20,24-26H2,1-5H3/t31-,39?/m0/s1. The van der Waals surface area contributed by atoms with Gasteiger partial charge in [-0.1, -0.05) is 55.5 Å². The van der Waals surface area contributed by atoms with Crippen LogP contribution in [0.4, 0.5) is 10.1 Å². The van der Waals surface area contributed by atoms with Crippen molar-refractivity contribution < 1.29 is 28.5 Å². The molecular formula is C40H50ClFN4O5Si. The summed E-state index contributed by atoms with van der Waals surface area (Å²) >= 11 is 6.39. The Hall–Kier alpha value is -3.71. The number of nitrogens with one attached hydrogen (secondary N) is 1. The van der Waals surface area contributed by atoms with Crippen molar-refractivity contribution in [3.8, 4) is 17.0 Å². The molecule has 278 valence electrons. The zero-order chi connectivity index (χ0) is 37.0. The maximum Gasteiger partial charge on any atom is 0.255 e. The number of anilines is 1. The van der Waals surface area contributed by atoms with Crippen LogP contribution in [0.15, 0.2) is 66.7 Å². The average molecular weight is 749 g/mol. The van der Waals surface area contributed by atoms with E-state index in [0.29, 0.717) is 67.6 Å². The van der Waals surface area contributed by atoms with Crippen LogP contribution in [0.25, 0.3) is 11.3 Å². The molecule has 2 atom stereocenters. The molecule has 4 aromatic rings. The van der Waals surface area contributed by atoms with Crippen LogP contribution in [0.5, 0.6) is 5.75 Å². The fourth-order valence-corrected chi connectivity index (χ4v) is 7.77. The van der Waals surface area contributed by atoms with Crippen molar-refractivity contribution in [3.63, 3.8) is 0 Å². The second-order valence-corrected chi connectivity index (χ2v) is 21.0. The Bertz CT molecular complexity index is 1860. The van der Waals surface area contributed by atoms with Crippen LogP contribution in [0.2, 0.25) is 30.7 Å². The van der Waals surface area contributed by atoms with Crippen molar-refractivity contribution in [1.29, 1.82) is 0 Å². The molecular weight excluding hydrogens is 699 g/mol. The normalized spacial score (nSPS) is 17.2. The Morgan fingerprint density at radius 3 is 2.50 bits per heavy atom. The zero-order valence-corrected chi connectivity index (χ0v) is 32.5. The fourth-order valence-electron chi connectivity index (χ4n) is 6.85. The van der Waals surface area contributed by atoms with Gasteiger partial charge in [0.1, 0.15) is 11.6 Å². The Kier molecular flexibility index (Phi) is 12.1. The average Bonchev–Trinajstić information content (AvgIpc) is 3.42. The van der Waals surface area contributed by atoms with E-state index in [4.69, 9.17) is 25.8 Å². The Labute approximate surface area is 312 Å². The number of nitrogens with zero attached hydrogens (tertiary/aromatic N) is 3. The maximum atomic E-state index is 15.2. The van der Waals surface area contributed by atoms with E-state index in [9.17, 15) is 9.90 Å². The Balaban J connectivity index is 1.22. The van der Waals surface area contributed by atoms with Crippen molar-refractivity contribution in [1.82, 2.24) is 14.4 Å². The van der Waals surface area contributed by atoms with E-state index in [1.165, 1.54) is 17.7 Å². The number of carbonyl (C=O) groups excluding carboxylic acids is 1. The van der Waals surface area contributed by atoms with Crippen LogP contribution in [0.3, 0.4) is 0 Å². The molecule has 6 rings (SSSR count). The minimum absolute atomic E-state index is 0.0803. The maximum absolute atomic E-state index is 15.2. The lowest BCUT2D eigenvalue weighted by molar-refractivity contribution is 0.0192. The molecule has 9 nitrogen and oxygen atoms in total. The Morgan fingerprint density at radius 2 is 1.79 bits per heavy atom. The number of fused-ring (bicyclic) bond motifs is 1. The van der Waals surface area contributed by atoms with E-state index in [-0.39, 0.29) is 29.3 Å². The van der Waals surface area contributed by atoms with Crippen molar-refractivity contribution in [2.75, 3.05) is 51.6 Å². The monoisotopic (exact) mass is 748 g/mol. The first-order valence-electron chi connectivity index (χ1n) is 18.0. The summed E-state index contributed by atoms with van der Waals surface area (Å²) in [4.78, 5) is 18.9. The quantitative estimate of drug-likeness (QED) is 0.0833. The van der Waals surface area contributed by atoms with Gasteiger partial charge in [0.25, 0.3) is 5.91 Å². The number of rotatable bonds is 13. The minimum atomic E-state index is -1.16. The van der Waals surface area contributed by atoms with Crippen LogP contribution in [0.1, 0.15) is 39.0 Å². The van der Waals surface area contributed by atoms with E-state index in [1.54, 1.807) is 0 Å². The number of morpholine rings is 1.